The molecule has 0 aromatic heterocycles. The predicted molar refractivity (Wildman–Crippen MR) is 103 cm³/mol. The second-order valence-corrected chi connectivity index (χ2v) is 7.72. The number of hydrogen-bond acceptors (Lipinski definition) is 5. The topological polar surface area (TPSA) is 96.2 Å². The summed E-state index contributed by atoms with van der Waals surface area (Å²) in [5.41, 5.74) is 1.25. The second kappa shape index (κ2) is 11.5. The number of rotatable bonds is 13. The van der Waals surface area contributed by atoms with Crippen LogP contribution in [-0.2, 0) is 14.3 Å². The van der Waals surface area contributed by atoms with Crippen LogP contribution in [0.5, 0.6) is 0 Å². The van der Waals surface area contributed by atoms with Crippen LogP contribution in [0.2, 0.25) is 0 Å². The number of carboxylic acid groups (broad SMARTS) is 1. The molecule has 0 amide bonds. The fourth-order valence-electron chi connectivity index (χ4n) is 4.37. The monoisotopic (exact) mass is 382 g/mol. The van der Waals surface area contributed by atoms with Gasteiger partial charge in [0.05, 0.1) is 18.5 Å². The molecule has 0 aromatic carbocycles. The summed E-state index contributed by atoms with van der Waals surface area (Å²) < 4.78 is 10.2. The summed E-state index contributed by atoms with van der Waals surface area (Å²) >= 11 is 0. The number of allylic oxidation sites excluding steroid dienone is 2. The van der Waals surface area contributed by atoms with Crippen molar-refractivity contribution in [1.82, 2.24) is 0 Å². The number of aliphatic hydroxyl groups excluding tert-OH is 2. The SMILES string of the molecule is COCCCCCCC=C(O)[C@H]1[C@@H]2C=C(CCOCC(=O)O)C[C@@H]2C[C@@H]1O. The van der Waals surface area contributed by atoms with Gasteiger partial charge in [-0.05, 0) is 56.4 Å². The molecule has 0 aromatic rings. The molecule has 6 heteroatoms. The van der Waals surface area contributed by atoms with Crippen LogP contribution >= 0.6 is 0 Å². The van der Waals surface area contributed by atoms with Gasteiger partial charge in [-0.25, -0.2) is 4.79 Å². The summed E-state index contributed by atoms with van der Waals surface area (Å²) in [6, 6.07) is 0. The highest BCUT2D eigenvalue weighted by Crippen LogP contribution is 2.49. The maximum Gasteiger partial charge on any atom is 0.329 e. The first-order valence-corrected chi connectivity index (χ1v) is 10.1. The summed E-state index contributed by atoms with van der Waals surface area (Å²) in [5.74, 6) is -0.298. The lowest BCUT2D eigenvalue weighted by Crippen LogP contribution is -2.20. The van der Waals surface area contributed by atoms with E-state index in [4.69, 9.17) is 14.6 Å². The van der Waals surface area contributed by atoms with Gasteiger partial charge in [-0.2, -0.15) is 0 Å². The molecule has 154 valence electrons. The number of aliphatic carboxylic acids is 1. The first-order valence-electron chi connectivity index (χ1n) is 10.1. The molecule has 2 aliphatic carbocycles. The summed E-state index contributed by atoms with van der Waals surface area (Å²) in [7, 11) is 1.72. The minimum Gasteiger partial charge on any atom is -0.512 e. The molecular weight excluding hydrogens is 348 g/mol. The highest BCUT2D eigenvalue weighted by molar-refractivity contribution is 5.67. The third-order valence-electron chi connectivity index (χ3n) is 5.66. The smallest absolute Gasteiger partial charge is 0.329 e. The van der Waals surface area contributed by atoms with E-state index in [1.54, 1.807) is 7.11 Å². The van der Waals surface area contributed by atoms with Gasteiger partial charge < -0.3 is 24.8 Å². The van der Waals surface area contributed by atoms with Crippen LogP contribution in [0.25, 0.3) is 0 Å². The van der Waals surface area contributed by atoms with Crippen LogP contribution in [0, 0.1) is 17.8 Å². The fourth-order valence-corrected chi connectivity index (χ4v) is 4.37. The zero-order valence-electron chi connectivity index (χ0n) is 16.3. The molecule has 0 bridgehead atoms. The van der Waals surface area contributed by atoms with Gasteiger partial charge in [0, 0.05) is 19.6 Å². The van der Waals surface area contributed by atoms with Gasteiger partial charge in [-0.15, -0.1) is 0 Å². The van der Waals surface area contributed by atoms with Gasteiger partial charge in [0.25, 0.3) is 0 Å². The number of hydrogen-bond donors (Lipinski definition) is 3. The summed E-state index contributed by atoms with van der Waals surface area (Å²) in [6.07, 6.45) is 11.1. The molecule has 4 atom stereocenters. The van der Waals surface area contributed by atoms with E-state index in [1.807, 2.05) is 6.08 Å². The standard InChI is InChI=1S/C21H34O6/c1-26-9-6-4-2-3-5-7-18(22)21-17-12-15(8-10-27-14-20(24)25)11-16(17)13-19(21)23/h7,12,16-17,19,21-23H,2-6,8-11,13-14H2,1H3,(H,24,25)/t16-,17-,19+,21-/m1/s1. The molecule has 0 aliphatic heterocycles. The zero-order valence-corrected chi connectivity index (χ0v) is 16.3. The predicted octanol–water partition coefficient (Wildman–Crippen LogP) is 3.46. The van der Waals surface area contributed by atoms with E-state index >= 15 is 0 Å². The number of unbranched alkanes of at least 4 members (excludes halogenated alkanes) is 4. The molecule has 0 saturated heterocycles. The van der Waals surface area contributed by atoms with Gasteiger partial charge in [0.2, 0.25) is 0 Å². The molecule has 3 N–H and O–H groups in total. The van der Waals surface area contributed by atoms with Crippen molar-refractivity contribution >= 4 is 5.97 Å². The number of carboxylic acids is 1. The fraction of sp³-hybridized carbons (Fsp3) is 0.762. The average Bonchev–Trinajstić information content (AvgIpc) is 3.13. The second-order valence-electron chi connectivity index (χ2n) is 7.72. The van der Waals surface area contributed by atoms with Gasteiger partial charge in [-0.3, -0.25) is 0 Å². The third-order valence-corrected chi connectivity index (χ3v) is 5.66. The number of fused-ring (bicyclic) bond motifs is 1. The lowest BCUT2D eigenvalue weighted by molar-refractivity contribution is -0.142. The van der Waals surface area contributed by atoms with E-state index < -0.39 is 12.1 Å². The summed E-state index contributed by atoms with van der Waals surface area (Å²) in [5, 5.41) is 29.5. The minimum absolute atomic E-state index is 0.174. The van der Waals surface area contributed by atoms with Crippen LogP contribution in [0.15, 0.2) is 23.5 Å². The van der Waals surface area contributed by atoms with Crippen molar-refractivity contribution in [3.05, 3.63) is 23.5 Å². The van der Waals surface area contributed by atoms with Crippen molar-refractivity contribution in [3.63, 3.8) is 0 Å². The van der Waals surface area contributed by atoms with Crippen molar-refractivity contribution in [2.45, 2.75) is 57.5 Å². The Bertz CT molecular complexity index is 527. The molecule has 27 heavy (non-hydrogen) atoms. The normalized spacial score (nSPS) is 27.6. The first-order chi connectivity index (χ1) is 13.0. The Labute approximate surface area is 161 Å². The van der Waals surface area contributed by atoms with Crippen LogP contribution in [0.1, 0.15) is 51.4 Å². The molecule has 0 spiro atoms. The Morgan fingerprint density at radius 3 is 2.74 bits per heavy atom. The van der Waals surface area contributed by atoms with Crippen molar-refractivity contribution in [1.29, 1.82) is 0 Å². The van der Waals surface area contributed by atoms with Crippen LogP contribution < -0.4 is 0 Å². The number of carbonyl (C=O) groups is 1. The minimum atomic E-state index is -0.954. The van der Waals surface area contributed by atoms with E-state index in [-0.39, 0.29) is 18.4 Å². The van der Waals surface area contributed by atoms with E-state index in [9.17, 15) is 15.0 Å². The van der Waals surface area contributed by atoms with Gasteiger partial charge in [-0.1, -0.05) is 24.5 Å². The average molecular weight is 382 g/mol. The van der Waals surface area contributed by atoms with E-state index in [0.717, 1.165) is 51.6 Å². The Hall–Kier alpha value is -1.37. The molecule has 0 radical (unpaired) electrons. The molecule has 1 saturated carbocycles. The van der Waals surface area contributed by atoms with Gasteiger partial charge in [0.1, 0.15) is 6.61 Å². The number of methoxy groups -OCH3 is 1. The van der Waals surface area contributed by atoms with Crippen molar-refractivity contribution in [2.75, 3.05) is 26.9 Å². The lowest BCUT2D eigenvalue weighted by atomic mass is 9.90. The third kappa shape index (κ3) is 6.94. The van der Waals surface area contributed by atoms with Crippen LogP contribution in [0.3, 0.4) is 0 Å². The molecule has 1 fully saturated rings. The highest BCUT2D eigenvalue weighted by Gasteiger charge is 2.46. The lowest BCUT2D eigenvalue weighted by Gasteiger charge is -2.19. The van der Waals surface area contributed by atoms with Gasteiger partial charge >= 0.3 is 5.97 Å². The Morgan fingerprint density at radius 1 is 1.22 bits per heavy atom. The number of ether oxygens (including phenoxy) is 2. The number of aliphatic hydroxyl groups is 2. The summed E-state index contributed by atoms with van der Waals surface area (Å²) in [6.45, 7) is 0.931. The van der Waals surface area contributed by atoms with Crippen LogP contribution in [-0.4, -0.2) is 54.3 Å². The van der Waals surface area contributed by atoms with Crippen molar-refractivity contribution < 1.29 is 29.6 Å². The summed E-state index contributed by atoms with van der Waals surface area (Å²) in [4.78, 5) is 10.5. The van der Waals surface area contributed by atoms with Gasteiger partial charge in [0.15, 0.2) is 0 Å². The maximum atomic E-state index is 10.5. The maximum absolute atomic E-state index is 10.5. The Morgan fingerprint density at radius 2 is 2.00 bits per heavy atom. The van der Waals surface area contributed by atoms with E-state index in [0.29, 0.717) is 24.7 Å². The Kier molecular flexibility index (Phi) is 9.31. The van der Waals surface area contributed by atoms with E-state index in [1.165, 1.54) is 5.57 Å². The van der Waals surface area contributed by atoms with Crippen molar-refractivity contribution in [3.8, 4) is 0 Å². The van der Waals surface area contributed by atoms with Crippen LogP contribution in [0.4, 0.5) is 0 Å². The molecule has 2 aliphatic rings. The van der Waals surface area contributed by atoms with Crippen molar-refractivity contribution in [2.24, 2.45) is 17.8 Å². The Balaban J connectivity index is 1.78. The van der Waals surface area contributed by atoms with E-state index in [2.05, 4.69) is 6.08 Å². The first kappa shape index (κ1) is 21.9. The highest BCUT2D eigenvalue weighted by atomic mass is 16.5. The molecule has 6 nitrogen and oxygen atoms in total. The molecule has 2 rings (SSSR count). The quantitative estimate of drug-likeness (QED) is 0.256. The molecule has 0 heterocycles. The zero-order chi connectivity index (χ0) is 19.6. The molecular formula is C21H34O6. The largest absolute Gasteiger partial charge is 0.512 e. The molecule has 0 unspecified atom stereocenters.